The fourth-order valence-corrected chi connectivity index (χ4v) is 4.11. The summed E-state index contributed by atoms with van der Waals surface area (Å²) in [6, 6.07) is 11.2. The van der Waals surface area contributed by atoms with E-state index in [0.29, 0.717) is 5.56 Å². The lowest BCUT2D eigenvalue weighted by Crippen LogP contribution is -2.26. The van der Waals surface area contributed by atoms with E-state index in [0.717, 1.165) is 37.0 Å². The minimum absolute atomic E-state index is 0.143. The fourth-order valence-electron chi connectivity index (χ4n) is 3.67. The smallest absolute Gasteiger partial charge is 0.286 e. The van der Waals surface area contributed by atoms with Gasteiger partial charge in [-0.15, -0.1) is 0 Å². The number of fused-ring (bicyclic) bond motifs is 1. The van der Waals surface area contributed by atoms with Crippen molar-refractivity contribution in [3.8, 4) is 11.1 Å². The number of aromatic nitrogens is 2. The summed E-state index contributed by atoms with van der Waals surface area (Å²) in [4.78, 5) is 17.5. The van der Waals surface area contributed by atoms with E-state index in [-0.39, 0.29) is 22.4 Å². The molecule has 1 saturated carbocycles. The average molecular weight is 445 g/mol. The van der Waals surface area contributed by atoms with Crippen LogP contribution < -0.4 is 5.56 Å². The lowest BCUT2D eigenvalue weighted by atomic mass is 10.0. The second kappa shape index (κ2) is 7.67. The van der Waals surface area contributed by atoms with Crippen LogP contribution in [0.1, 0.15) is 31.5 Å². The van der Waals surface area contributed by atoms with Crippen molar-refractivity contribution in [2.75, 3.05) is 6.26 Å². The van der Waals surface area contributed by atoms with Crippen LogP contribution in [-0.2, 0) is 15.8 Å². The molecule has 4 rings (SSSR count). The van der Waals surface area contributed by atoms with Crippen molar-refractivity contribution in [3.63, 3.8) is 0 Å². The van der Waals surface area contributed by atoms with Gasteiger partial charge in [0.25, 0.3) is 11.5 Å². The van der Waals surface area contributed by atoms with Gasteiger partial charge in [0, 0.05) is 30.3 Å². The highest BCUT2D eigenvalue weighted by atomic mass is 32.2. The Labute approximate surface area is 179 Å². The molecule has 1 atom stereocenters. The number of benzene rings is 1. The average Bonchev–Trinajstić information content (AvgIpc) is 3.53. The molecule has 31 heavy (non-hydrogen) atoms. The maximum atomic E-state index is 13.9. The van der Waals surface area contributed by atoms with Gasteiger partial charge in [0.2, 0.25) is 0 Å². The Hall–Kier alpha value is -2.87. The molecular weight excluding hydrogens is 422 g/mol. The van der Waals surface area contributed by atoms with Crippen molar-refractivity contribution in [1.82, 2.24) is 9.55 Å². The summed E-state index contributed by atoms with van der Waals surface area (Å²) in [7, 11) is -3.36. The Bertz CT molecular complexity index is 1320. The molecule has 0 aliphatic heterocycles. The van der Waals surface area contributed by atoms with Crippen molar-refractivity contribution >= 4 is 20.7 Å². The van der Waals surface area contributed by atoms with Crippen LogP contribution in [0.25, 0.3) is 22.0 Å². The third-order valence-electron chi connectivity index (χ3n) is 5.37. The summed E-state index contributed by atoms with van der Waals surface area (Å²) in [5.74, 6) is -3.00. The summed E-state index contributed by atoms with van der Waals surface area (Å²) in [6.45, 7) is 0.768. The first-order chi connectivity index (χ1) is 14.5. The molecule has 1 aliphatic rings. The predicted octanol–water partition coefficient (Wildman–Crippen LogP) is 4.68. The number of hydrogen-bond donors (Lipinski definition) is 0. The number of sulfone groups is 1. The first-order valence-electron chi connectivity index (χ1n) is 9.92. The summed E-state index contributed by atoms with van der Waals surface area (Å²) in [5.41, 5.74) is 0.674. The molecule has 0 saturated heterocycles. The summed E-state index contributed by atoms with van der Waals surface area (Å²) >= 11 is 0. The first-order valence-corrected chi connectivity index (χ1v) is 11.9. The molecule has 0 amide bonds. The van der Waals surface area contributed by atoms with Crippen molar-refractivity contribution in [2.45, 2.75) is 31.7 Å². The molecule has 1 aliphatic carbocycles. The highest BCUT2D eigenvalue weighted by Gasteiger charge is 2.33. The van der Waals surface area contributed by atoms with Crippen LogP contribution in [0.5, 0.6) is 0 Å². The number of nitrogens with zero attached hydrogens (tertiary/aromatic N) is 2. The van der Waals surface area contributed by atoms with Crippen molar-refractivity contribution in [2.24, 2.45) is 5.92 Å². The largest absolute Gasteiger partial charge is 0.307 e. The Morgan fingerprint density at radius 1 is 1.16 bits per heavy atom. The molecule has 3 aromatic rings. The zero-order valence-corrected chi connectivity index (χ0v) is 17.9. The molecule has 8 heteroatoms. The molecule has 0 spiro atoms. The number of halogens is 2. The number of pyridine rings is 2. The topological polar surface area (TPSA) is 69.0 Å². The van der Waals surface area contributed by atoms with Gasteiger partial charge in [-0.3, -0.25) is 4.79 Å². The van der Waals surface area contributed by atoms with Crippen molar-refractivity contribution < 1.29 is 17.2 Å². The van der Waals surface area contributed by atoms with Crippen LogP contribution in [0.4, 0.5) is 8.78 Å². The third kappa shape index (κ3) is 4.58. The maximum absolute atomic E-state index is 13.9. The number of hydrogen-bond acceptors (Lipinski definition) is 4. The molecular formula is C23H22F2N2O3S. The molecule has 0 radical (unpaired) electrons. The Balaban J connectivity index is 2.01. The van der Waals surface area contributed by atoms with Gasteiger partial charge in [0.15, 0.2) is 9.84 Å². The molecule has 2 heterocycles. The summed E-state index contributed by atoms with van der Waals surface area (Å²) < 4.78 is 52.7. The van der Waals surface area contributed by atoms with Gasteiger partial charge < -0.3 is 4.57 Å². The lowest BCUT2D eigenvalue weighted by molar-refractivity contribution is 0.0131. The molecule has 1 unspecified atom stereocenters. The summed E-state index contributed by atoms with van der Waals surface area (Å²) in [6.07, 6.45) is 6.01. The standard InChI is InChI=1S/C23H22F2N2O3S/c1-23(24,25)20-11-10-17-21(26-20)18(15-6-4-3-5-7-15)14-27(22(17)28)19(16-8-9-16)12-13-31(2,29)30/h3-7,10-14,16,19H,8-9H2,1-2H3/b13-12+. The third-order valence-corrected chi connectivity index (χ3v) is 6.02. The van der Waals surface area contributed by atoms with Gasteiger partial charge in [-0.25, -0.2) is 13.4 Å². The van der Waals surface area contributed by atoms with Crippen LogP contribution in [0.15, 0.2) is 64.9 Å². The van der Waals surface area contributed by atoms with Crippen LogP contribution in [0.3, 0.4) is 0 Å². The lowest BCUT2D eigenvalue weighted by Gasteiger charge is -2.19. The zero-order chi connectivity index (χ0) is 22.4. The van der Waals surface area contributed by atoms with E-state index >= 15 is 0 Å². The molecule has 1 aromatic carbocycles. The highest BCUT2D eigenvalue weighted by molar-refractivity contribution is 7.93. The number of rotatable bonds is 6. The Morgan fingerprint density at radius 2 is 1.84 bits per heavy atom. The van der Waals surface area contributed by atoms with E-state index in [9.17, 15) is 22.0 Å². The molecule has 162 valence electrons. The highest BCUT2D eigenvalue weighted by Crippen LogP contribution is 2.41. The minimum Gasteiger partial charge on any atom is -0.307 e. The van der Waals surface area contributed by atoms with E-state index in [2.05, 4.69) is 4.98 Å². The van der Waals surface area contributed by atoms with Crippen LogP contribution in [0.2, 0.25) is 0 Å². The van der Waals surface area contributed by atoms with E-state index in [4.69, 9.17) is 0 Å². The first kappa shape index (κ1) is 21.4. The zero-order valence-electron chi connectivity index (χ0n) is 17.1. The molecule has 0 bridgehead atoms. The molecule has 2 aromatic heterocycles. The quantitative estimate of drug-likeness (QED) is 0.553. The number of allylic oxidation sites excluding steroid dienone is 1. The van der Waals surface area contributed by atoms with Crippen LogP contribution >= 0.6 is 0 Å². The second-order valence-electron chi connectivity index (χ2n) is 8.09. The van der Waals surface area contributed by atoms with E-state index < -0.39 is 27.5 Å². The Kier molecular flexibility index (Phi) is 5.29. The van der Waals surface area contributed by atoms with Crippen molar-refractivity contribution in [1.29, 1.82) is 0 Å². The molecule has 1 fully saturated rings. The van der Waals surface area contributed by atoms with Gasteiger partial charge in [-0.2, -0.15) is 8.78 Å². The monoisotopic (exact) mass is 444 g/mol. The fraction of sp³-hybridized carbons (Fsp3) is 0.304. The minimum atomic E-state index is -3.36. The van der Waals surface area contributed by atoms with Gasteiger partial charge in [0.05, 0.1) is 16.9 Å². The van der Waals surface area contributed by atoms with Gasteiger partial charge in [0.1, 0.15) is 5.69 Å². The van der Waals surface area contributed by atoms with E-state index in [1.807, 2.05) is 30.3 Å². The second-order valence-corrected chi connectivity index (χ2v) is 10.0. The van der Waals surface area contributed by atoms with Crippen LogP contribution in [0, 0.1) is 5.92 Å². The van der Waals surface area contributed by atoms with Gasteiger partial charge >= 0.3 is 0 Å². The van der Waals surface area contributed by atoms with E-state index in [1.165, 1.54) is 22.8 Å². The predicted molar refractivity (Wildman–Crippen MR) is 117 cm³/mol. The molecule has 0 N–H and O–H groups in total. The maximum Gasteiger partial charge on any atom is 0.286 e. The normalized spacial score (nSPS) is 16.1. The SMILES string of the molecule is CC(F)(F)c1ccc2c(=O)n(C(/C=C/S(C)(=O)=O)C3CC3)cc(-c3ccccc3)c2n1. The van der Waals surface area contributed by atoms with Gasteiger partial charge in [-0.05, 0) is 36.5 Å². The summed E-state index contributed by atoms with van der Waals surface area (Å²) in [5, 5.41) is 1.33. The number of alkyl halides is 2. The van der Waals surface area contributed by atoms with Gasteiger partial charge in [-0.1, -0.05) is 36.4 Å². The van der Waals surface area contributed by atoms with E-state index in [1.54, 1.807) is 6.20 Å². The van der Waals surface area contributed by atoms with Crippen molar-refractivity contribution in [3.05, 3.63) is 76.2 Å². The molecule has 5 nitrogen and oxygen atoms in total. The van der Waals surface area contributed by atoms with Crippen LogP contribution in [-0.4, -0.2) is 24.2 Å². The Morgan fingerprint density at radius 3 is 2.42 bits per heavy atom.